The molecule has 1 heteroatoms. The minimum Gasteiger partial charge on any atom is -0.299 e. The van der Waals surface area contributed by atoms with Crippen LogP contribution in [-0.4, -0.2) is 5.78 Å². The smallest absolute Gasteiger partial charge is 0.140 e. The van der Waals surface area contributed by atoms with Gasteiger partial charge in [-0.3, -0.25) is 4.79 Å². The van der Waals surface area contributed by atoms with Crippen molar-refractivity contribution in [1.82, 2.24) is 0 Å². The van der Waals surface area contributed by atoms with E-state index in [4.69, 9.17) is 0 Å². The van der Waals surface area contributed by atoms with Gasteiger partial charge in [0.2, 0.25) is 0 Å². The molecule has 92 valence electrons. The van der Waals surface area contributed by atoms with E-state index in [1.165, 1.54) is 36.8 Å². The van der Waals surface area contributed by atoms with Crippen LogP contribution in [0.4, 0.5) is 0 Å². The molecule has 0 bridgehead atoms. The number of ketones is 1. The molecule has 1 aliphatic rings. The third-order valence-electron chi connectivity index (χ3n) is 3.94. The highest BCUT2D eigenvalue weighted by Crippen LogP contribution is 2.25. The summed E-state index contributed by atoms with van der Waals surface area (Å²) in [4.78, 5) is 12.3. The minimum absolute atomic E-state index is 0.331. The maximum Gasteiger partial charge on any atom is 0.140 e. The topological polar surface area (TPSA) is 17.1 Å². The van der Waals surface area contributed by atoms with Crippen molar-refractivity contribution in [3.8, 4) is 0 Å². The molecule has 0 heterocycles. The van der Waals surface area contributed by atoms with Gasteiger partial charge in [-0.25, -0.2) is 0 Å². The van der Waals surface area contributed by atoms with Crippen molar-refractivity contribution in [2.24, 2.45) is 5.92 Å². The number of benzene rings is 1. The van der Waals surface area contributed by atoms with Crippen molar-refractivity contribution in [2.45, 2.75) is 51.9 Å². The summed E-state index contributed by atoms with van der Waals surface area (Å²) in [5, 5.41) is 0. The van der Waals surface area contributed by atoms with Gasteiger partial charge in [0.05, 0.1) is 0 Å². The Morgan fingerprint density at radius 1 is 1.12 bits per heavy atom. The summed E-state index contributed by atoms with van der Waals surface area (Å²) in [6, 6.07) is 8.25. The molecule has 0 N–H and O–H groups in total. The van der Waals surface area contributed by atoms with Gasteiger partial charge in [0.15, 0.2) is 0 Å². The van der Waals surface area contributed by atoms with E-state index in [1.54, 1.807) is 0 Å². The Morgan fingerprint density at radius 3 is 2.41 bits per heavy atom. The van der Waals surface area contributed by atoms with Crippen LogP contribution in [0.15, 0.2) is 24.3 Å². The van der Waals surface area contributed by atoms with Gasteiger partial charge < -0.3 is 0 Å². The predicted octanol–water partition coefficient (Wildman–Crippen LogP) is 4.08. The van der Waals surface area contributed by atoms with E-state index in [0.29, 0.717) is 18.1 Å². The molecule has 17 heavy (non-hydrogen) atoms. The van der Waals surface area contributed by atoms with Gasteiger partial charge in [-0.05, 0) is 30.9 Å². The highest BCUT2D eigenvalue weighted by atomic mass is 16.1. The molecule has 0 saturated heterocycles. The molecule has 1 aromatic rings. The summed E-state index contributed by atoms with van der Waals surface area (Å²) in [6.45, 7) is 2.09. The van der Waals surface area contributed by atoms with Crippen molar-refractivity contribution in [3.05, 3.63) is 35.4 Å². The SMILES string of the molecule is Cc1ccccc1CC(=O)C1CCCCCC1. The van der Waals surface area contributed by atoms with Crippen LogP contribution in [0.3, 0.4) is 0 Å². The Balaban J connectivity index is 1.98. The summed E-state index contributed by atoms with van der Waals surface area (Å²) in [5.41, 5.74) is 2.45. The van der Waals surface area contributed by atoms with Crippen molar-refractivity contribution >= 4 is 5.78 Å². The normalized spacial score (nSPS) is 17.7. The van der Waals surface area contributed by atoms with Crippen LogP contribution >= 0.6 is 0 Å². The molecule has 0 spiro atoms. The molecule has 1 aromatic carbocycles. The first-order chi connectivity index (χ1) is 8.27. The van der Waals surface area contributed by atoms with Gasteiger partial charge in [0.25, 0.3) is 0 Å². The van der Waals surface area contributed by atoms with E-state index in [-0.39, 0.29) is 0 Å². The molecule has 1 fully saturated rings. The molecule has 0 aromatic heterocycles. The molecule has 0 amide bonds. The minimum atomic E-state index is 0.331. The quantitative estimate of drug-likeness (QED) is 0.715. The second kappa shape index (κ2) is 6.00. The zero-order valence-corrected chi connectivity index (χ0v) is 10.7. The second-order valence-electron chi connectivity index (χ2n) is 5.26. The van der Waals surface area contributed by atoms with Crippen molar-refractivity contribution < 1.29 is 4.79 Å². The van der Waals surface area contributed by atoms with Crippen LogP contribution < -0.4 is 0 Å². The first-order valence-electron chi connectivity index (χ1n) is 6.84. The average molecular weight is 230 g/mol. The van der Waals surface area contributed by atoms with Crippen LogP contribution in [0.1, 0.15) is 49.7 Å². The zero-order chi connectivity index (χ0) is 12.1. The fourth-order valence-electron chi connectivity index (χ4n) is 2.74. The van der Waals surface area contributed by atoms with Gasteiger partial charge in [0.1, 0.15) is 5.78 Å². The maximum atomic E-state index is 12.3. The van der Waals surface area contributed by atoms with Crippen LogP contribution in [0.25, 0.3) is 0 Å². The van der Waals surface area contributed by atoms with Gasteiger partial charge in [0, 0.05) is 12.3 Å². The van der Waals surface area contributed by atoms with Crippen molar-refractivity contribution in [2.75, 3.05) is 0 Å². The standard InChI is InChI=1S/C16H22O/c1-13-8-6-7-11-15(13)12-16(17)14-9-4-2-3-5-10-14/h6-8,11,14H,2-5,9-10,12H2,1H3. The summed E-state index contributed by atoms with van der Waals surface area (Å²) < 4.78 is 0. The lowest BCUT2D eigenvalue weighted by Crippen LogP contribution is -2.16. The van der Waals surface area contributed by atoms with Crippen LogP contribution in [0.2, 0.25) is 0 Å². The average Bonchev–Trinajstić information content (AvgIpc) is 2.61. The van der Waals surface area contributed by atoms with Crippen molar-refractivity contribution in [3.63, 3.8) is 0 Å². The largest absolute Gasteiger partial charge is 0.299 e. The maximum absolute atomic E-state index is 12.3. The van der Waals surface area contributed by atoms with Crippen molar-refractivity contribution in [1.29, 1.82) is 0 Å². The summed E-state index contributed by atoms with van der Waals surface area (Å²) in [5.74, 6) is 0.790. The monoisotopic (exact) mass is 230 g/mol. The summed E-state index contributed by atoms with van der Waals surface area (Å²) in [7, 11) is 0. The molecular weight excluding hydrogens is 208 g/mol. The Kier molecular flexibility index (Phi) is 4.36. The number of Topliss-reactive ketones (excluding diaryl/α,β-unsaturated/α-hetero) is 1. The predicted molar refractivity (Wildman–Crippen MR) is 71.1 cm³/mol. The Bertz CT molecular complexity index is 373. The fourth-order valence-corrected chi connectivity index (χ4v) is 2.74. The molecular formula is C16H22O. The van der Waals surface area contributed by atoms with E-state index in [9.17, 15) is 4.79 Å². The van der Waals surface area contributed by atoms with Gasteiger partial charge in [-0.15, -0.1) is 0 Å². The number of hydrogen-bond acceptors (Lipinski definition) is 1. The van der Waals surface area contributed by atoms with E-state index in [0.717, 1.165) is 12.8 Å². The molecule has 0 aliphatic heterocycles. The van der Waals surface area contributed by atoms with Gasteiger partial charge in [-0.1, -0.05) is 49.9 Å². The number of hydrogen-bond donors (Lipinski definition) is 0. The first kappa shape index (κ1) is 12.3. The fraction of sp³-hybridized carbons (Fsp3) is 0.562. The van der Waals surface area contributed by atoms with Crippen LogP contribution in [0.5, 0.6) is 0 Å². The van der Waals surface area contributed by atoms with Gasteiger partial charge in [-0.2, -0.15) is 0 Å². The lowest BCUT2D eigenvalue weighted by atomic mass is 9.90. The third kappa shape index (κ3) is 3.42. The lowest BCUT2D eigenvalue weighted by molar-refractivity contribution is -0.122. The van der Waals surface area contributed by atoms with E-state index in [2.05, 4.69) is 19.1 Å². The number of carbonyl (C=O) groups excluding carboxylic acids is 1. The Hall–Kier alpha value is -1.11. The highest BCUT2D eigenvalue weighted by molar-refractivity contribution is 5.83. The molecule has 1 nitrogen and oxygen atoms in total. The van der Waals surface area contributed by atoms with E-state index >= 15 is 0 Å². The van der Waals surface area contributed by atoms with E-state index in [1.807, 2.05) is 12.1 Å². The molecule has 0 unspecified atom stereocenters. The van der Waals surface area contributed by atoms with Gasteiger partial charge >= 0.3 is 0 Å². The number of rotatable bonds is 3. The lowest BCUT2D eigenvalue weighted by Gasteiger charge is -2.13. The Labute approximate surface area is 104 Å². The van der Waals surface area contributed by atoms with Crippen LogP contribution in [0, 0.1) is 12.8 Å². The molecule has 1 aliphatic carbocycles. The highest BCUT2D eigenvalue weighted by Gasteiger charge is 2.20. The number of carbonyl (C=O) groups is 1. The first-order valence-corrected chi connectivity index (χ1v) is 6.84. The third-order valence-corrected chi connectivity index (χ3v) is 3.94. The summed E-state index contributed by atoms with van der Waals surface area (Å²) >= 11 is 0. The molecule has 0 radical (unpaired) electrons. The Morgan fingerprint density at radius 2 is 1.76 bits per heavy atom. The number of aryl methyl sites for hydroxylation is 1. The summed E-state index contributed by atoms with van der Waals surface area (Å²) in [6.07, 6.45) is 7.98. The molecule has 1 saturated carbocycles. The zero-order valence-electron chi connectivity index (χ0n) is 10.7. The van der Waals surface area contributed by atoms with Crippen LogP contribution in [-0.2, 0) is 11.2 Å². The van der Waals surface area contributed by atoms with E-state index < -0.39 is 0 Å². The second-order valence-corrected chi connectivity index (χ2v) is 5.26. The molecule has 2 rings (SSSR count). The molecule has 0 atom stereocenters.